The summed E-state index contributed by atoms with van der Waals surface area (Å²) < 4.78 is 39.7. The fraction of sp³-hybridized carbons (Fsp3) is 0.0435. The van der Waals surface area contributed by atoms with Crippen molar-refractivity contribution in [2.75, 3.05) is 0 Å². The number of hydrogen-bond acceptors (Lipinski definition) is 2. The van der Waals surface area contributed by atoms with Gasteiger partial charge >= 0.3 is 6.18 Å². The van der Waals surface area contributed by atoms with E-state index in [0.717, 1.165) is 12.1 Å². The minimum atomic E-state index is -4.57. The molecule has 0 atom stereocenters. The van der Waals surface area contributed by atoms with Gasteiger partial charge in [0.25, 0.3) is 0 Å². The summed E-state index contributed by atoms with van der Waals surface area (Å²) in [5.74, 6) is -1.64. The number of ketones is 2. The quantitative estimate of drug-likeness (QED) is 0.346. The van der Waals surface area contributed by atoms with E-state index >= 15 is 0 Å². The minimum Gasteiger partial charge on any atom is -0.354 e. The van der Waals surface area contributed by atoms with Crippen LogP contribution in [0.3, 0.4) is 0 Å². The molecule has 4 aromatic rings. The van der Waals surface area contributed by atoms with Crippen LogP contribution < -0.4 is 0 Å². The van der Waals surface area contributed by atoms with Crippen molar-refractivity contribution in [1.82, 2.24) is 4.98 Å². The molecule has 29 heavy (non-hydrogen) atoms. The molecule has 1 N–H and O–H groups in total. The molecule has 0 bridgehead atoms. The van der Waals surface area contributed by atoms with Gasteiger partial charge in [0.15, 0.2) is 0 Å². The zero-order chi connectivity index (χ0) is 20.6. The second-order valence-corrected chi connectivity index (χ2v) is 6.52. The Morgan fingerprint density at radius 1 is 0.759 bits per heavy atom. The summed E-state index contributed by atoms with van der Waals surface area (Å²) in [6.45, 7) is 0. The Morgan fingerprint density at radius 2 is 1.38 bits per heavy atom. The van der Waals surface area contributed by atoms with Gasteiger partial charge in [-0.2, -0.15) is 13.2 Å². The topological polar surface area (TPSA) is 49.9 Å². The summed E-state index contributed by atoms with van der Waals surface area (Å²) in [6.07, 6.45) is -4.57. The number of fused-ring (bicyclic) bond motifs is 1. The highest BCUT2D eigenvalue weighted by Crippen LogP contribution is 2.36. The summed E-state index contributed by atoms with van der Waals surface area (Å²) in [5.41, 5.74) is 0.491. The van der Waals surface area contributed by atoms with E-state index in [1.165, 1.54) is 18.2 Å². The highest BCUT2D eigenvalue weighted by Gasteiger charge is 2.32. The maximum Gasteiger partial charge on any atom is 0.416 e. The summed E-state index contributed by atoms with van der Waals surface area (Å²) in [6, 6.07) is 19.8. The van der Waals surface area contributed by atoms with Crippen molar-refractivity contribution in [2.45, 2.75) is 6.18 Å². The van der Waals surface area contributed by atoms with Gasteiger partial charge in [-0.15, -0.1) is 0 Å². The maximum atomic E-state index is 13.2. The molecule has 6 heteroatoms. The van der Waals surface area contributed by atoms with E-state index in [2.05, 4.69) is 4.98 Å². The normalized spacial score (nSPS) is 11.6. The number of aromatic nitrogens is 1. The lowest BCUT2D eigenvalue weighted by atomic mass is 9.96. The van der Waals surface area contributed by atoms with Crippen molar-refractivity contribution in [3.8, 4) is 11.3 Å². The first-order valence-electron chi connectivity index (χ1n) is 8.78. The molecule has 1 heterocycles. The molecule has 0 unspecified atom stereocenters. The van der Waals surface area contributed by atoms with E-state index in [1.54, 1.807) is 48.5 Å². The number of carbonyl (C=O) groups is 2. The maximum absolute atomic E-state index is 13.2. The fourth-order valence-corrected chi connectivity index (χ4v) is 3.26. The Labute approximate surface area is 163 Å². The van der Waals surface area contributed by atoms with Crippen molar-refractivity contribution in [3.05, 3.63) is 95.6 Å². The average molecular weight is 393 g/mol. The molecule has 0 saturated heterocycles. The van der Waals surface area contributed by atoms with Crippen molar-refractivity contribution < 1.29 is 22.8 Å². The van der Waals surface area contributed by atoms with E-state index in [1.807, 2.05) is 0 Å². The number of aromatic amines is 1. The molecule has 0 radical (unpaired) electrons. The number of Topliss-reactive ketones (excluding diaryl/α,β-unsaturated/α-hetero) is 2. The second-order valence-electron chi connectivity index (χ2n) is 6.52. The largest absolute Gasteiger partial charge is 0.416 e. The van der Waals surface area contributed by atoms with Crippen LogP contribution in [0.4, 0.5) is 13.2 Å². The molecular formula is C23H14F3NO2. The Hall–Kier alpha value is -3.67. The first-order valence-corrected chi connectivity index (χ1v) is 8.78. The number of benzene rings is 3. The number of H-pyrrole nitrogens is 1. The summed E-state index contributed by atoms with van der Waals surface area (Å²) in [4.78, 5) is 28.9. The van der Waals surface area contributed by atoms with Crippen LogP contribution >= 0.6 is 0 Å². The molecule has 3 aromatic carbocycles. The first-order chi connectivity index (χ1) is 13.9. The van der Waals surface area contributed by atoms with Crippen LogP contribution in [0.2, 0.25) is 0 Å². The Balaban J connectivity index is 1.96. The molecule has 0 spiro atoms. The molecule has 0 amide bonds. The molecule has 4 rings (SSSR count). The van der Waals surface area contributed by atoms with Crippen molar-refractivity contribution in [2.24, 2.45) is 0 Å². The van der Waals surface area contributed by atoms with Gasteiger partial charge in [-0.1, -0.05) is 60.7 Å². The van der Waals surface area contributed by atoms with Gasteiger partial charge in [0, 0.05) is 16.5 Å². The number of halogens is 3. The van der Waals surface area contributed by atoms with Crippen LogP contribution in [-0.4, -0.2) is 16.6 Å². The lowest BCUT2D eigenvalue weighted by Gasteiger charge is -2.07. The third-order valence-electron chi connectivity index (χ3n) is 4.66. The number of carbonyl (C=O) groups excluding carboxylic acids is 2. The summed E-state index contributed by atoms with van der Waals surface area (Å²) >= 11 is 0. The molecule has 0 fully saturated rings. The molecule has 1 aromatic heterocycles. The monoisotopic (exact) mass is 393 g/mol. The van der Waals surface area contributed by atoms with Crippen LogP contribution in [0.25, 0.3) is 22.2 Å². The lowest BCUT2D eigenvalue weighted by molar-refractivity contribution is -0.137. The fourth-order valence-electron chi connectivity index (χ4n) is 3.26. The predicted octanol–water partition coefficient (Wildman–Crippen LogP) is 5.92. The van der Waals surface area contributed by atoms with Crippen molar-refractivity contribution in [1.29, 1.82) is 0 Å². The van der Waals surface area contributed by atoms with Gasteiger partial charge in [-0.05, 0) is 23.8 Å². The van der Waals surface area contributed by atoms with E-state index in [-0.39, 0.29) is 16.5 Å². The van der Waals surface area contributed by atoms with E-state index < -0.39 is 23.3 Å². The minimum absolute atomic E-state index is 0.0629. The van der Waals surface area contributed by atoms with E-state index in [0.29, 0.717) is 16.8 Å². The van der Waals surface area contributed by atoms with Crippen molar-refractivity contribution in [3.63, 3.8) is 0 Å². The lowest BCUT2D eigenvalue weighted by Crippen LogP contribution is -2.15. The molecule has 144 valence electrons. The Bertz CT molecular complexity index is 1210. The summed E-state index contributed by atoms with van der Waals surface area (Å²) in [5, 5.41) is 0.0629. The SMILES string of the molecule is O=C(C(=O)c1c(-c2ccccc2)[nH]c2ccc(C(F)(F)F)cc12)c1ccccc1. The van der Waals surface area contributed by atoms with Crippen LogP contribution in [0.1, 0.15) is 26.3 Å². The van der Waals surface area contributed by atoms with Crippen LogP contribution in [0.5, 0.6) is 0 Å². The van der Waals surface area contributed by atoms with Gasteiger partial charge in [-0.3, -0.25) is 9.59 Å². The average Bonchev–Trinajstić information content (AvgIpc) is 3.12. The van der Waals surface area contributed by atoms with Gasteiger partial charge in [0.2, 0.25) is 11.6 Å². The summed E-state index contributed by atoms with van der Waals surface area (Å²) in [7, 11) is 0. The number of alkyl halides is 3. The van der Waals surface area contributed by atoms with Crippen LogP contribution in [0, 0.1) is 0 Å². The van der Waals surface area contributed by atoms with E-state index in [9.17, 15) is 22.8 Å². The van der Waals surface area contributed by atoms with Gasteiger partial charge < -0.3 is 4.98 Å². The highest BCUT2D eigenvalue weighted by molar-refractivity contribution is 6.52. The Morgan fingerprint density at radius 3 is 2.00 bits per heavy atom. The number of hydrogen-bond donors (Lipinski definition) is 1. The molecular weight excluding hydrogens is 379 g/mol. The molecule has 0 aliphatic heterocycles. The zero-order valence-corrected chi connectivity index (χ0v) is 15.0. The van der Waals surface area contributed by atoms with Gasteiger partial charge in [-0.25, -0.2) is 0 Å². The zero-order valence-electron chi connectivity index (χ0n) is 15.0. The molecule has 0 aliphatic carbocycles. The molecule has 0 saturated carbocycles. The van der Waals surface area contributed by atoms with Gasteiger partial charge in [0.1, 0.15) is 0 Å². The third kappa shape index (κ3) is 3.45. The third-order valence-corrected chi connectivity index (χ3v) is 4.66. The standard InChI is InChI=1S/C23H14F3NO2/c24-23(25,26)16-11-12-18-17(13-16)19(20(27-18)14-7-3-1-4-8-14)22(29)21(28)15-9-5-2-6-10-15/h1-13,27H. The Kier molecular flexibility index (Phi) is 4.54. The second kappa shape index (κ2) is 7.05. The van der Waals surface area contributed by atoms with E-state index in [4.69, 9.17) is 0 Å². The first kappa shape index (κ1) is 18.7. The predicted molar refractivity (Wildman–Crippen MR) is 104 cm³/mol. The van der Waals surface area contributed by atoms with Gasteiger partial charge in [0.05, 0.1) is 16.8 Å². The molecule has 0 aliphatic rings. The molecule has 3 nitrogen and oxygen atoms in total. The van der Waals surface area contributed by atoms with Crippen LogP contribution in [-0.2, 0) is 6.18 Å². The number of nitrogens with one attached hydrogen (secondary N) is 1. The number of rotatable bonds is 4. The van der Waals surface area contributed by atoms with Crippen molar-refractivity contribution >= 4 is 22.5 Å². The smallest absolute Gasteiger partial charge is 0.354 e. The van der Waals surface area contributed by atoms with Crippen LogP contribution in [0.15, 0.2) is 78.9 Å². The highest BCUT2D eigenvalue weighted by atomic mass is 19.4.